The predicted octanol–water partition coefficient (Wildman–Crippen LogP) is 4.51. The van der Waals surface area contributed by atoms with Gasteiger partial charge in [0, 0.05) is 21.7 Å². The molecule has 7 nitrogen and oxygen atoms in total. The summed E-state index contributed by atoms with van der Waals surface area (Å²) in [7, 11) is -3.33. The Morgan fingerprint density at radius 1 is 1.17 bits per heavy atom. The van der Waals surface area contributed by atoms with Crippen LogP contribution in [-0.2, 0) is 14.8 Å². The molecule has 0 radical (unpaired) electrons. The van der Waals surface area contributed by atoms with Crippen LogP contribution in [0.3, 0.4) is 0 Å². The molecule has 0 spiro atoms. The maximum absolute atomic E-state index is 12.1. The zero-order valence-electron chi connectivity index (χ0n) is 15.0. The Hall–Kier alpha value is -2.33. The van der Waals surface area contributed by atoms with Crippen molar-refractivity contribution in [2.45, 2.75) is 0 Å². The average Bonchev–Trinajstić information content (AvgIpc) is 3.08. The predicted molar refractivity (Wildman–Crippen MR) is 117 cm³/mol. The third-order valence-electron chi connectivity index (χ3n) is 3.49. The Morgan fingerprint density at radius 3 is 2.55 bits per heavy atom. The van der Waals surface area contributed by atoms with Gasteiger partial charge in [0.1, 0.15) is 5.75 Å². The van der Waals surface area contributed by atoms with Crippen LogP contribution >= 0.6 is 34.5 Å². The van der Waals surface area contributed by atoms with Crippen LogP contribution in [0.4, 0.5) is 10.8 Å². The molecule has 0 aliphatic rings. The molecule has 2 aromatic carbocycles. The fourth-order valence-electron chi connectivity index (χ4n) is 2.28. The van der Waals surface area contributed by atoms with Crippen LogP contribution < -0.4 is 14.8 Å². The molecule has 29 heavy (non-hydrogen) atoms. The zero-order chi connectivity index (χ0) is 21.0. The number of rotatable bonds is 7. The van der Waals surface area contributed by atoms with Crippen molar-refractivity contribution in [2.75, 3.05) is 22.9 Å². The standard InChI is InChI=1S/C18H15Cl2N3O4S2/c1-29(25,26)23-13-5-2-11(3-6-13)15-10-28-18(21-15)22-17(24)9-27-16-7-4-12(19)8-14(16)20/h2-8,10,23H,9H2,1H3,(H,21,22,24). The number of sulfonamides is 1. The number of carbonyl (C=O) groups is 1. The van der Waals surface area contributed by atoms with E-state index in [1.807, 2.05) is 0 Å². The van der Waals surface area contributed by atoms with Crippen LogP contribution in [0.1, 0.15) is 0 Å². The van der Waals surface area contributed by atoms with Crippen molar-refractivity contribution < 1.29 is 17.9 Å². The van der Waals surface area contributed by atoms with E-state index in [2.05, 4.69) is 15.0 Å². The quantitative estimate of drug-likeness (QED) is 0.528. The van der Waals surface area contributed by atoms with E-state index in [9.17, 15) is 13.2 Å². The molecule has 1 amide bonds. The molecule has 1 heterocycles. The number of halogens is 2. The molecule has 0 atom stereocenters. The third-order valence-corrected chi connectivity index (χ3v) is 5.38. The Morgan fingerprint density at radius 2 is 1.90 bits per heavy atom. The molecule has 3 aromatic rings. The highest BCUT2D eigenvalue weighted by Gasteiger charge is 2.11. The number of nitrogens with one attached hydrogen (secondary N) is 2. The van der Waals surface area contributed by atoms with E-state index in [0.29, 0.717) is 32.3 Å². The number of anilines is 2. The van der Waals surface area contributed by atoms with Crippen molar-refractivity contribution in [3.05, 3.63) is 57.9 Å². The molecule has 0 unspecified atom stereocenters. The molecule has 2 N–H and O–H groups in total. The number of aromatic nitrogens is 1. The molecule has 0 aliphatic carbocycles. The lowest BCUT2D eigenvalue weighted by atomic mass is 10.1. The maximum atomic E-state index is 12.1. The maximum Gasteiger partial charge on any atom is 0.264 e. The normalized spacial score (nSPS) is 11.1. The van der Waals surface area contributed by atoms with Crippen molar-refractivity contribution in [2.24, 2.45) is 0 Å². The molecule has 1 aromatic heterocycles. The molecule has 152 valence electrons. The second-order valence-electron chi connectivity index (χ2n) is 5.90. The Kier molecular flexibility index (Phi) is 6.63. The zero-order valence-corrected chi connectivity index (χ0v) is 18.1. The Bertz CT molecular complexity index is 1130. The summed E-state index contributed by atoms with van der Waals surface area (Å²) in [6.45, 7) is -0.234. The number of amides is 1. The molecular formula is C18H15Cl2N3O4S2. The van der Waals surface area contributed by atoms with Gasteiger partial charge in [0.05, 0.1) is 17.0 Å². The molecular weight excluding hydrogens is 457 g/mol. The first-order chi connectivity index (χ1) is 13.7. The number of hydrogen-bond donors (Lipinski definition) is 2. The van der Waals surface area contributed by atoms with Crippen molar-refractivity contribution in [1.82, 2.24) is 4.98 Å². The van der Waals surface area contributed by atoms with Crippen molar-refractivity contribution >= 4 is 61.3 Å². The van der Waals surface area contributed by atoms with Crippen LogP contribution in [0.2, 0.25) is 10.0 Å². The summed E-state index contributed by atoms with van der Waals surface area (Å²) in [5.74, 6) is -0.0292. The van der Waals surface area contributed by atoms with Gasteiger partial charge in [-0.25, -0.2) is 13.4 Å². The smallest absolute Gasteiger partial charge is 0.264 e. The van der Waals surface area contributed by atoms with Gasteiger partial charge in [-0.3, -0.25) is 14.8 Å². The first-order valence-electron chi connectivity index (χ1n) is 8.11. The summed E-state index contributed by atoms with van der Waals surface area (Å²) in [6, 6.07) is 11.5. The fraction of sp³-hybridized carbons (Fsp3) is 0.111. The first kappa shape index (κ1) is 21.4. The van der Waals surface area contributed by atoms with Gasteiger partial charge in [0.2, 0.25) is 10.0 Å². The minimum Gasteiger partial charge on any atom is -0.482 e. The summed E-state index contributed by atoms with van der Waals surface area (Å²) in [5, 5.41) is 5.64. The number of hydrogen-bond acceptors (Lipinski definition) is 6. The van der Waals surface area contributed by atoms with Gasteiger partial charge in [-0.15, -0.1) is 11.3 Å². The van der Waals surface area contributed by atoms with Crippen molar-refractivity contribution in [1.29, 1.82) is 0 Å². The minimum absolute atomic E-state index is 0.234. The highest BCUT2D eigenvalue weighted by Crippen LogP contribution is 2.28. The highest BCUT2D eigenvalue weighted by atomic mass is 35.5. The van der Waals surface area contributed by atoms with Gasteiger partial charge in [-0.1, -0.05) is 35.3 Å². The van der Waals surface area contributed by atoms with E-state index >= 15 is 0 Å². The van der Waals surface area contributed by atoms with Gasteiger partial charge in [-0.05, 0) is 30.3 Å². The van der Waals surface area contributed by atoms with E-state index in [0.717, 1.165) is 11.8 Å². The van der Waals surface area contributed by atoms with E-state index in [1.54, 1.807) is 41.8 Å². The van der Waals surface area contributed by atoms with Crippen LogP contribution in [0, 0.1) is 0 Å². The molecule has 0 aliphatic heterocycles. The second-order valence-corrected chi connectivity index (χ2v) is 9.35. The summed E-state index contributed by atoms with van der Waals surface area (Å²) >= 11 is 13.1. The number of benzene rings is 2. The van der Waals surface area contributed by atoms with Crippen LogP contribution in [0.5, 0.6) is 5.75 Å². The molecule has 0 bridgehead atoms. The number of carbonyl (C=O) groups excluding carboxylic acids is 1. The molecule has 0 saturated heterocycles. The number of nitrogens with zero attached hydrogens (tertiary/aromatic N) is 1. The second kappa shape index (κ2) is 9.00. The molecule has 3 rings (SSSR count). The van der Waals surface area contributed by atoms with E-state index in [1.165, 1.54) is 17.4 Å². The topological polar surface area (TPSA) is 97.4 Å². The lowest BCUT2D eigenvalue weighted by Crippen LogP contribution is -2.20. The number of thiazole rings is 1. The Balaban J connectivity index is 1.59. The van der Waals surface area contributed by atoms with Crippen LogP contribution in [0.15, 0.2) is 47.8 Å². The summed E-state index contributed by atoms with van der Waals surface area (Å²) in [4.78, 5) is 16.4. The molecule has 11 heteroatoms. The molecule has 0 fully saturated rings. The van der Waals surface area contributed by atoms with Gasteiger partial charge in [-0.2, -0.15) is 0 Å². The van der Waals surface area contributed by atoms with Gasteiger partial charge in [0.15, 0.2) is 11.7 Å². The van der Waals surface area contributed by atoms with Crippen LogP contribution in [-0.4, -0.2) is 32.2 Å². The Labute approximate surface area is 181 Å². The highest BCUT2D eigenvalue weighted by molar-refractivity contribution is 7.92. The first-order valence-corrected chi connectivity index (χ1v) is 11.6. The van der Waals surface area contributed by atoms with Crippen LogP contribution in [0.25, 0.3) is 11.3 Å². The lowest BCUT2D eigenvalue weighted by Gasteiger charge is -2.07. The number of ether oxygens (including phenoxy) is 1. The summed E-state index contributed by atoms with van der Waals surface area (Å²) in [6.07, 6.45) is 1.08. The third kappa shape index (κ3) is 6.33. The van der Waals surface area contributed by atoms with E-state index in [-0.39, 0.29) is 12.5 Å². The summed E-state index contributed by atoms with van der Waals surface area (Å²) in [5.41, 5.74) is 1.89. The fourth-order valence-corrected chi connectivity index (χ4v) is 4.04. The summed E-state index contributed by atoms with van der Waals surface area (Å²) < 4.78 is 30.3. The molecule has 0 saturated carbocycles. The largest absolute Gasteiger partial charge is 0.482 e. The van der Waals surface area contributed by atoms with Gasteiger partial charge in [0.25, 0.3) is 5.91 Å². The van der Waals surface area contributed by atoms with E-state index < -0.39 is 10.0 Å². The monoisotopic (exact) mass is 471 g/mol. The van der Waals surface area contributed by atoms with Gasteiger partial charge >= 0.3 is 0 Å². The lowest BCUT2D eigenvalue weighted by molar-refractivity contribution is -0.118. The average molecular weight is 472 g/mol. The van der Waals surface area contributed by atoms with Crippen molar-refractivity contribution in [3.8, 4) is 17.0 Å². The van der Waals surface area contributed by atoms with Crippen molar-refractivity contribution in [3.63, 3.8) is 0 Å². The van der Waals surface area contributed by atoms with Gasteiger partial charge < -0.3 is 4.74 Å². The SMILES string of the molecule is CS(=O)(=O)Nc1ccc(-c2csc(NC(=O)COc3ccc(Cl)cc3Cl)n2)cc1. The minimum atomic E-state index is -3.33. The van der Waals surface area contributed by atoms with E-state index in [4.69, 9.17) is 27.9 Å².